The molecular weight excluding hydrogens is 278 g/mol. The van der Waals surface area contributed by atoms with Gasteiger partial charge < -0.3 is 10.1 Å². The first-order valence-corrected chi connectivity index (χ1v) is 9.35. The summed E-state index contributed by atoms with van der Waals surface area (Å²) in [6, 6.07) is 8.94. The highest BCUT2D eigenvalue weighted by Crippen LogP contribution is 2.29. The van der Waals surface area contributed by atoms with Gasteiger partial charge in [0.2, 0.25) is 0 Å². The first kappa shape index (κ1) is 16.7. The van der Waals surface area contributed by atoms with Crippen molar-refractivity contribution in [1.29, 1.82) is 0 Å². The topological polar surface area (TPSA) is 21.3 Å². The molecule has 0 aliphatic heterocycles. The predicted molar refractivity (Wildman–Crippen MR) is 93.5 cm³/mol. The average molecular weight is 308 g/mol. The number of benzene rings is 1. The maximum absolute atomic E-state index is 5.48. The number of methoxy groups -OCH3 is 1. The van der Waals surface area contributed by atoms with Gasteiger partial charge in [0.1, 0.15) is 5.75 Å². The van der Waals surface area contributed by atoms with Gasteiger partial charge in [0.25, 0.3) is 0 Å². The SMILES string of the molecule is CCNC(CSC1CCCCC1)Cc1ccccc1OC. The Hall–Kier alpha value is -0.670. The number of ether oxygens (including phenoxy) is 1. The van der Waals surface area contributed by atoms with Gasteiger partial charge in [-0.05, 0) is 37.4 Å². The first-order valence-electron chi connectivity index (χ1n) is 8.30. The molecule has 0 bridgehead atoms. The molecular formula is C18H29NOS. The Balaban J connectivity index is 1.88. The minimum atomic E-state index is 0.540. The number of likely N-dealkylation sites (N-methyl/N-ethyl adjacent to an activating group) is 1. The number of para-hydroxylation sites is 1. The Morgan fingerprint density at radius 2 is 2.00 bits per heavy atom. The number of nitrogens with one attached hydrogen (secondary N) is 1. The summed E-state index contributed by atoms with van der Waals surface area (Å²) in [6.45, 7) is 3.23. The number of thioether (sulfide) groups is 1. The van der Waals surface area contributed by atoms with Crippen molar-refractivity contribution >= 4 is 11.8 Å². The second kappa shape index (κ2) is 9.37. The standard InChI is InChI=1S/C18H29NOS/c1-3-19-16(14-21-17-10-5-4-6-11-17)13-15-9-7-8-12-18(15)20-2/h7-9,12,16-17,19H,3-6,10-11,13-14H2,1-2H3. The molecule has 2 rings (SSSR count). The largest absolute Gasteiger partial charge is 0.496 e. The maximum atomic E-state index is 5.48. The van der Waals surface area contributed by atoms with Gasteiger partial charge in [-0.3, -0.25) is 0 Å². The Kier molecular flexibility index (Phi) is 7.45. The molecule has 0 radical (unpaired) electrons. The molecule has 1 aliphatic rings. The fraction of sp³-hybridized carbons (Fsp3) is 0.667. The summed E-state index contributed by atoms with van der Waals surface area (Å²) < 4.78 is 5.48. The van der Waals surface area contributed by atoms with Crippen LogP contribution in [0.25, 0.3) is 0 Å². The molecule has 1 aromatic carbocycles. The molecule has 1 aromatic rings. The molecule has 1 saturated carbocycles. The lowest BCUT2D eigenvalue weighted by molar-refractivity contribution is 0.406. The van der Waals surface area contributed by atoms with E-state index in [-0.39, 0.29) is 0 Å². The van der Waals surface area contributed by atoms with E-state index in [9.17, 15) is 0 Å². The molecule has 1 N–H and O–H groups in total. The summed E-state index contributed by atoms with van der Waals surface area (Å²) >= 11 is 2.17. The summed E-state index contributed by atoms with van der Waals surface area (Å²) in [5, 5.41) is 4.53. The van der Waals surface area contributed by atoms with Crippen LogP contribution in [0.2, 0.25) is 0 Å². The molecule has 0 amide bonds. The van der Waals surface area contributed by atoms with E-state index in [0.29, 0.717) is 6.04 Å². The quantitative estimate of drug-likeness (QED) is 0.774. The Morgan fingerprint density at radius 1 is 1.24 bits per heavy atom. The van der Waals surface area contributed by atoms with Crippen LogP contribution < -0.4 is 10.1 Å². The van der Waals surface area contributed by atoms with E-state index >= 15 is 0 Å². The highest BCUT2D eigenvalue weighted by Gasteiger charge is 2.17. The van der Waals surface area contributed by atoms with Crippen LogP contribution in [-0.2, 0) is 6.42 Å². The molecule has 0 saturated heterocycles. The van der Waals surface area contributed by atoms with Gasteiger partial charge >= 0.3 is 0 Å². The molecule has 0 spiro atoms. The van der Waals surface area contributed by atoms with E-state index < -0.39 is 0 Å². The fourth-order valence-corrected chi connectivity index (χ4v) is 4.51. The summed E-state index contributed by atoms with van der Waals surface area (Å²) in [4.78, 5) is 0. The van der Waals surface area contributed by atoms with Crippen LogP contribution in [0, 0.1) is 0 Å². The van der Waals surface area contributed by atoms with Crippen molar-refractivity contribution < 1.29 is 4.74 Å². The second-order valence-corrected chi connectivity index (χ2v) is 7.20. The number of hydrogen-bond donors (Lipinski definition) is 1. The lowest BCUT2D eigenvalue weighted by Crippen LogP contribution is -2.34. The minimum Gasteiger partial charge on any atom is -0.496 e. The van der Waals surface area contributed by atoms with Crippen LogP contribution in [0.5, 0.6) is 5.75 Å². The van der Waals surface area contributed by atoms with Crippen LogP contribution in [0.3, 0.4) is 0 Å². The monoisotopic (exact) mass is 307 g/mol. The summed E-state index contributed by atoms with van der Waals surface area (Å²) in [7, 11) is 1.76. The zero-order valence-electron chi connectivity index (χ0n) is 13.4. The van der Waals surface area contributed by atoms with E-state index in [4.69, 9.17) is 4.74 Å². The zero-order valence-corrected chi connectivity index (χ0v) is 14.3. The van der Waals surface area contributed by atoms with Crippen molar-refractivity contribution in [3.05, 3.63) is 29.8 Å². The van der Waals surface area contributed by atoms with Gasteiger partial charge in [-0.2, -0.15) is 11.8 Å². The maximum Gasteiger partial charge on any atom is 0.122 e. The van der Waals surface area contributed by atoms with E-state index in [2.05, 4.69) is 42.2 Å². The number of hydrogen-bond acceptors (Lipinski definition) is 3. The van der Waals surface area contributed by atoms with Gasteiger partial charge in [-0.25, -0.2) is 0 Å². The van der Waals surface area contributed by atoms with Gasteiger partial charge in [-0.15, -0.1) is 0 Å². The van der Waals surface area contributed by atoms with E-state index in [1.54, 1.807) is 7.11 Å². The normalized spacial score (nSPS) is 17.6. The minimum absolute atomic E-state index is 0.540. The lowest BCUT2D eigenvalue weighted by Gasteiger charge is -2.25. The van der Waals surface area contributed by atoms with Crippen molar-refractivity contribution in [3.8, 4) is 5.75 Å². The number of rotatable bonds is 8. The third-order valence-electron chi connectivity index (χ3n) is 4.24. The van der Waals surface area contributed by atoms with Crippen molar-refractivity contribution in [2.24, 2.45) is 0 Å². The van der Waals surface area contributed by atoms with Crippen molar-refractivity contribution in [1.82, 2.24) is 5.32 Å². The van der Waals surface area contributed by atoms with Crippen LogP contribution in [0.15, 0.2) is 24.3 Å². The highest BCUT2D eigenvalue weighted by atomic mass is 32.2. The Morgan fingerprint density at radius 3 is 2.71 bits per heavy atom. The lowest BCUT2D eigenvalue weighted by atomic mass is 10.0. The molecule has 21 heavy (non-hydrogen) atoms. The zero-order chi connectivity index (χ0) is 14.9. The molecule has 1 aliphatic carbocycles. The Bertz CT molecular complexity index is 404. The molecule has 1 unspecified atom stereocenters. The Labute approximate surface area is 134 Å². The molecule has 1 fully saturated rings. The van der Waals surface area contributed by atoms with Crippen LogP contribution in [0.4, 0.5) is 0 Å². The summed E-state index contributed by atoms with van der Waals surface area (Å²) in [6.07, 6.45) is 8.18. The molecule has 0 aromatic heterocycles. The average Bonchev–Trinajstić information content (AvgIpc) is 2.54. The molecule has 0 heterocycles. The molecule has 1 atom stereocenters. The molecule has 3 heteroatoms. The van der Waals surface area contributed by atoms with Gasteiger partial charge in [0.15, 0.2) is 0 Å². The van der Waals surface area contributed by atoms with Crippen LogP contribution in [0.1, 0.15) is 44.6 Å². The van der Waals surface area contributed by atoms with Gasteiger partial charge in [0.05, 0.1) is 7.11 Å². The molecule has 118 valence electrons. The highest BCUT2D eigenvalue weighted by molar-refractivity contribution is 7.99. The predicted octanol–water partition coefficient (Wildman–Crippen LogP) is 4.28. The van der Waals surface area contributed by atoms with Crippen molar-refractivity contribution in [2.75, 3.05) is 19.4 Å². The van der Waals surface area contributed by atoms with Crippen molar-refractivity contribution in [2.45, 2.75) is 56.7 Å². The van der Waals surface area contributed by atoms with E-state index in [1.165, 1.54) is 43.4 Å². The fourth-order valence-electron chi connectivity index (χ4n) is 3.10. The summed E-state index contributed by atoms with van der Waals surface area (Å²) in [5.74, 6) is 2.22. The summed E-state index contributed by atoms with van der Waals surface area (Å²) in [5.41, 5.74) is 1.31. The van der Waals surface area contributed by atoms with E-state index in [1.807, 2.05) is 6.07 Å². The molecule has 2 nitrogen and oxygen atoms in total. The van der Waals surface area contributed by atoms with Gasteiger partial charge in [-0.1, -0.05) is 44.4 Å². The smallest absolute Gasteiger partial charge is 0.122 e. The third kappa shape index (κ3) is 5.55. The van der Waals surface area contributed by atoms with Crippen LogP contribution >= 0.6 is 11.8 Å². The third-order valence-corrected chi connectivity index (χ3v) is 5.77. The van der Waals surface area contributed by atoms with Crippen LogP contribution in [-0.4, -0.2) is 30.7 Å². The van der Waals surface area contributed by atoms with E-state index in [0.717, 1.165) is 24.0 Å². The first-order chi connectivity index (χ1) is 10.3. The van der Waals surface area contributed by atoms with Crippen molar-refractivity contribution in [3.63, 3.8) is 0 Å². The second-order valence-electron chi connectivity index (χ2n) is 5.86. The van der Waals surface area contributed by atoms with Gasteiger partial charge in [0, 0.05) is 17.0 Å².